The van der Waals surface area contributed by atoms with Crippen molar-refractivity contribution in [1.29, 1.82) is 0 Å². The number of fused-ring (bicyclic) bond motifs is 1. The number of nitrogens with zero attached hydrogens (tertiary/aromatic N) is 4. The molecule has 6 heteroatoms. The van der Waals surface area contributed by atoms with Crippen molar-refractivity contribution in [3.63, 3.8) is 0 Å². The summed E-state index contributed by atoms with van der Waals surface area (Å²) in [5.74, 6) is 0.324. The molecular weight excluding hydrogens is 492 g/mol. The highest BCUT2D eigenvalue weighted by atomic mass is 15.2. The van der Waals surface area contributed by atoms with Gasteiger partial charge in [0.25, 0.3) is 0 Å². The summed E-state index contributed by atoms with van der Waals surface area (Å²) in [5.41, 5.74) is 5.79. The minimum Gasteiger partial charge on any atom is -0.361 e. The van der Waals surface area contributed by atoms with Crippen molar-refractivity contribution < 1.29 is 0 Å². The number of allylic oxidation sites excluding steroid dienone is 2. The van der Waals surface area contributed by atoms with Crippen LogP contribution >= 0.6 is 0 Å². The van der Waals surface area contributed by atoms with Crippen LogP contribution in [0, 0.1) is 5.92 Å². The van der Waals surface area contributed by atoms with Crippen molar-refractivity contribution in [2.75, 3.05) is 10.6 Å². The molecule has 2 unspecified atom stereocenters. The molecule has 1 aliphatic carbocycles. The molecule has 0 radical (unpaired) electrons. The first-order valence-electron chi connectivity index (χ1n) is 13.6. The van der Waals surface area contributed by atoms with Gasteiger partial charge in [0.05, 0.1) is 23.1 Å². The molecule has 0 saturated heterocycles. The molecule has 0 saturated carbocycles. The van der Waals surface area contributed by atoms with E-state index in [9.17, 15) is 0 Å². The molecule has 6 nitrogen and oxygen atoms in total. The van der Waals surface area contributed by atoms with E-state index in [0.29, 0.717) is 5.92 Å². The van der Waals surface area contributed by atoms with Crippen LogP contribution in [0.25, 0.3) is 21.5 Å². The number of azo groups is 2. The Morgan fingerprint density at radius 2 is 1.15 bits per heavy atom. The van der Waals surface area contributed by atoms with E-state index in [2.05, 4.69) is 107 Å². The second kappa shape index (κ2) is 10.2. The van der Waals surface area contributed by atoms with Crippen LogP contribution in [0.1, 0.15) is 18.7 Å². The molecule has 5 aromatic rings. The van der Waals surface area contributed by atoms with Gasteiger partial charge in [-0.3, -0.25) is 0 Å². The molecule has 0 amide bonds. The molecule has 40 heavy (non-hydrogen) atoms. The van der Waals surface area contributed by atoms with E-state index in [1.807, 2.05) is 42.5 Å². The molecule has 0 aromatic heterocycles. The first kappa shape index (κ1) is 24.0. The van der Waals surface area contributed by atoms with Crippen molar-refractivity contribution in [2.24, 2.45) is 26.4 Å². The van der Waals surface area contributed by atoms with Crippen molar-refractivity contribution in [1.82, 2.24) is 0 Å². The van der Waals surface area contributed by atoms with Crippen LogP contribution in [0.3, 0.4) is 0 Å². The maximum absolute atomic E-state index is 4.73. The average molecular weight is 521 g/mol. The molecule has 2 N–H and O–H groups in total. The van der Waals surface area contributed by atoms with Gasteiger partial charge in [-0.1, -0.05) is 98.0 Å². The predicted octanol–water partition coefficient (Wildman–Crippen LogP) is 10.2. The second-order valence-corrected chi connectivity index (χ2v) is 10.2. The van der Waals surface area contributed by atoms with Crippen molar-refractivity contribution in [3.8, 4) is 0 Å². The molecule has 7 rings (SSSR count). The van der Waals surface area contributed by atoms with Gasteiger partial charge in [0.1, 0.15) is 6.17 Å². The van der Waals surface area contributed by atoms with Crippen molar-refractivity contribution in [3.05, 3.63) is 127 Å². The highest BCUT2D eigenvalue weighted by Gasteiger charge is 2.21. The number of hydrogen-bond acceptors (Lipinski definition) is 6. The normalized spacial score (nSPS) is 19.9. The summed E-state index contributed by atoms with van der Waals surface area (Å²) in [6.45, 7) is 2.15. The summed E-state index contributed by atoms with van der Waals surface area (Å²) in [6, 6.07) is 32.9. The molecule has 0 spiro atoms. The van der Waals surface area contributed by atoms with Crippen LogP contribution in [0.4, 0.5) is 28.4 Å². The van der Waals surface area contributed by atoms with Gasteiger partial charge in [0, 0.05) is 38.8 Å². The first-order chi connectivity index (χ1) is 19.7. The van der Waals surface area contributed by atoms with Gasteiger partial charge in [-0.2, -0.15) is 10.2 Å². The van der Waals surface area contributed by atoms with Crippen LogP contribution in [-0.4, -0.2) is 6.04 Å². The van der Waals surface area contributed by atoms with E-state index in [-0.39, 0.29) is 12.2 Å². The molecule has 5 aromatic carbocycles. The zero-order valence-electron chi connectivity index (χ0n) is 22.1. The molecule has 2 aliphatic rings. The second-order valence-electron chi connectivity index (χ2n) is 10.2. The van der Waals surface area contributed by atoms with Gasteiger partial charge in [-0.15, -0.1) is 10.2 Å². The maximum atomic E-state index is 4.73. The first-order valence-corrected chi connectivity index (χ1v) is 13.6. The van der Waals surface area contributed by atoms with E-state index >= 15 is 0 Å². The Morgan fingerprint density at radius 1 is 0.550 bits per heavy atom. The molecular formula is C34H28N6. The molecule has 0 fully saturated rings. The number of rotatable bonds is 5. The Morgan fingerprint density at radius 3 is 1.90 bits per heavy atom. The van der Waals surface area contributed by atoms with Gasteiger partial charge < -0.3 is 10.6 Å². The average Bonchev–Trinajstić information content (AvgIpc) is 3.01. The smallest absolute Gasteiger partial charge is 0.123 e. The lowest BCUT2D eigenvalue weighted by atomic mass is 9.98. The number of benzene rings is 5. The Labute approximate surface area is 232 Å². The highest BCUT2D eigenvalue weighted by molar-refractivity contribution is 6.09. The van der Waals surface area contributed by atoms with Crippen LogP contribution in [-0.2, 0) is 0 Å². The van der Waals surface area contributed by atoms with Gasteiger partial charge in [0.15, 0.2) is 0 Å². The quantitative estimate of drug-likeness (QED) is 0.226. The molecule has 1 heterocycles. The van der Waals surface area contributed by atoms with Crippen LogP contribution < -0.4 is 10.6 Å². The lowest BCUT2D eigenvalue weighted by molar-refractivity contribution is 0.604. The van der Waals surface area contributed by atoms with Gasteiger partial charge >= 0.3 is 0 Å². The Kier molecular flexibility index (Phi) is 6.13. The third-order valence-electron chi connectivity index (χ3n) is 7.57. The SMILES string of the molecule is CC1C=CC=CC1/N=N/c1ccc(/N=N/c2ccc3c4c(cccc24)N[C@@H](c2ccccc2)N3)c2ccccc12. The number of nitrogens with one attached hydrogen (secondary N) is 2. The van der Waals surface area contributed by atoms with E-state index in [1.165, 1.54) is 5.56 Å². The van der Waals surface area contributed by atoms with Gasteiger partial charge in [-0.25, -0.2) is 0 Å². The minimum absolute atomic E-state index is 0.00242. The number of hydrogen-bond donors (Lipinski definition) is 2. The zero-order valence-corrected chi connectivity index (χ0v) is 22.1. The minimum atomic E-state index is 0.00242. The van der Waals surface area contributed by atoms with Crippen LogP contribution in [0.2, 0.25) is 0 Å². The van der Waals surface area contributed by atoms with Crippen LogP contribution in [0.5, 0.6) is 0 Å². The summed E-state index contributed by atoms with van der Waals surface area (Å²) in [5, 5.41) is 30.1. The Bertz CT molecular complexity index is 1820. The zero-order chi connectivity index (χ0) is 26.9. The summed E-state index contributed by atoms with van der Waals surface area (Å²) in [4.78, 5) is 0. The monoisotopic (exact) mass is 520 g/mol. The van der Waals surface area contributed by atoms with Gasteiger partial charge in [-0.05, 0) is 35.9 Å². The Balaban J connectivity index is 1.21. The summed E-state index contributed by atoms with van der Waals surface area (Å²) in [6.07, 6.45) is 8.33. The summed E-state index contributed by atoms with van der Waals surface area (Å²) in [7, 11) is 0. The largest absolute Gasteiger partial charge is 0.361 e. The van der Waals surface area contributed by atoms with E-state index in [4.69, 9.17) is 10.2 Å². The van der Waals surface area contributed by atoms with Crippen molar-refractivity contribution in [2.45, 2.75) is 19.1 Å². The summed E-state index contributed by atoms with van der Waals surface area (Å²) >= 11 is 0. The van der Waals surface area contributed by atoms with Gasteiger partial charge in [0.2, 0.25) is 0 Å². The highest BCUT2D eigenvalue weighted by Crippen LogP contribution is 2.43. The fourth-order valence-corrected chi connectivity index (χ4v) is 5.41. The predicted molar refractivity (Wildman–Crippen MR) is 164 cm³/mol. The van der Waals surface area contributed by atoms with Crippen LogP contribution in [0.15, 0.2) is 142 Å². The van der Waals surface area contributed by atoms with E-state index < -0.39 is 0 Å². The fraction of sp³-hybridized carbons (Fsp3) is 0.118. The Hall–Kier alpha value is -5.10. The molecule has 1 aliphatic heterocycles. The van der Waals surface area contributed by atoms with E-state index in [0.717, 1.165) is 50.0 Å². The fourth-order valence-electron chi connectivity index (χ4n) is 5.41. The lowest BCUT2D eigenvalue weighted by Crippen LogP contribution is -2.23. The summed E-state index contributed by atoms with van der Waals surface area (Å²) < 4.78 is 0. The lowest BCUT2D eigenvalue weighted by Gasteiger charge is -2.30. The topological polar surface area (TPSA) is 73.5 Å². The maximum Gasteiger partial charge on any atom is 0.123 e. The third kappa shape index (κ3) is 4.43. The van der Waals surface area contributed by atoms with Crippen molar-refractivity contribution >= 4 is 50.0 Å². The molecule has 3 atom stereocenters. The van der Waals surface area contributed by atoms with E-state index in [1.54, 1.807) is 0 Å². The standard InChI is InChI=1S/C34H28N6/c1-22-10-5-8-16-27(22)37-38-28-18-19-29(25-14-7-6-13-24(25)28)39-40-30-20-21-32-33-26(30)15-9-17-31(33)35-34(36-32)23-11-3-2-4-12-23/h2-22,27,34-36H,1H3/b38-37+,40-39+/t22?,27?,34-/m1/s1. The molecule has 0 bridgehead atoms. The number of anilines is 2. The molecule has 194 valence electrons. The third-order valence-corrected chi connectivity index (χ3v) is 7.57.